The summed E-state index contributed by atoms with van der Waals surface area (Å²) in [6.45, 7) is 4.07. The van der Waals surface area contributed by atoms with Gasteiger partial charge in [0.15, 0.2) is 0 Å². The third kappa shape index (κ3) is 0.707. The van der Waals surface area contributed by atoms with E-state index in [-0.39, 0.29) is 0 Å². The lowest BCUT2D eigenvalue weighted by atomic mass is 10.2. The average Bonchev–Trinajstić information content (AvgIpc) is 2.41. The van der Waals surface area contributed by atoms with Gasteiger partial charge in [-0.25, -0.2) is 0 Å². The molecule has 0 aliphatic carbocycles. The van der Waals surface area contributed by atoms with Crippen molar-refractivity contribution >= 4 is 11.1 Å². The third-order valence-electron chi connectivity index (χ3n) is 2.04. The molecule has 58 valence electrons. The monoisotopic (exact) mass is 150 g/mol. The number of aryl methyl sites for hydroxylation is 3. The van der Waals surface area contributed by atoms with Gasteiger partial charge in [0, 0.05) is 12.7 Å². The van der Waals surface area contributed by atoms with Crippen LogP contribution < -0.4 is 0 Å². The molecule has 2 rings (SSSR count). The molecular formula is C8H10N2O. The minimum absolute atomic E-state index is 0.738. The molecule has 0 spiro atoms. The number of hydrogen-bond acceptors (Lipinski definition) is 2. The van der Waals surface area contributed by atoms with Gasteiger partial charge in [0.1, 0.15) is 0 Å². The first-order valence-electron chi connectivity index (χ1n) is 3.57. The van der Waals surface area contributed by atoms with Gasteiger partial charge in [0.25, 0.3) is 0 Å². The Morgan fingerprint density at radius 1 is 1.45 bits per heavy atom. The van der Waals surface area contributed by atoms with Gasteiger partial charge in [0.2, 0.25) is 5.71 Å². The summed E-state index contributed by atoms with van der Waals surface area (Å²) in [5.74, 6) is 0. The molecule has 0 aliphatic heterocycles. The van der Waals surface area contributed by atoms with E-state index in [0.29, 0.717) is 0 Å². The Bertz CT molecular complexity index is 397. The Morgan fingerprint density at radius 3 is 2.82 bits per heavy atom. The Kier molecular flexibility index (Phi) is 1.10. The number of aromatic nitrogens is 2. The quantitative estimate of drug-likeness (QED) is 0.573. The van der Waals surface area contributed by atoms with E-state index in [4.69, 9.17) is 4.42 Å². The summed E-state index contributed by atoms with van der Waals surface area (Å²) in [5.41, 5.74) is 3.05. The highest BCUT2D eigenvalue weighted by atomic mass is 16.3. The molecule has 11 heavy (non-hydrogen) atoms. The fourth-order valence-corrected chi connectivity index (χ4v) is 1.32. The number of rotatable bonds is 0. The van der Waals surface area contributed by atoms with Gasteiger partial charge in [-0.05, 0) is 19.4 Å². The molecule has 3 heteroatoms. The lowest BCUT2D eigenvalue weighted by Crippen LogP contribution is -1.92. The van der Waals surface area contributed by atoms with Crippen molar-refractivity contribution in [1.82, 2.24) is 9.78 Å². The topological polar surface area (TPSA) is 31.0 Å². The summed E-state index contributed by atoms with van der Waals surface area (Å²) < 4.78 is 7.05. The van der Waals surface area contributed by atoms with Crippen molar-refractivity contribution in [3.63, 3.8) is 0 Å². The van der Waals surface area contributed by atoms with Crippen LogP contribution in [0.5, 0.6) is 0 Å². The van der Waals surface area contributed by atoms with Crippen LogP contribution in [-0.4, -0.2) is 9.78 Å². The summed E-state index contributed by atoms with van der Waals surface area (Å²) in [7, 11) is 1.92. The molecule has 0 aliphatic rings. The predicted molar refractivity (Wildman–Crippen MR) is 42.5 cm³/mol. The van der Waals surface area contributed by atoms with Crippen LogP contribution in [0.1, 0.15) is 11.3 Å². The van der Waals surface area contributed by atoms with E-state index in [2.05, 4.69) is 5.10 Å². The summed E-state index contributed by atoms with van der Waals surface area (Å²) in [6, 6.07) is 0. The maximum absolute atomic E-state index is 5.22. The van der Waals surface area contributed by atoms with Crippen LogP contribution in [0.4, 0.5) is 0 Å². The zero-order valence-electron chi connectivity index (χ0n) is 6.88. The first kappa shape index (κ1) is 6.46. The molecule has 2 aromatic heterocycles. The molecule has 3 nitrogen and oxygen atoms in total. The van der Waals surface area contributed by atoms with Gasteiger partial charge in [-0.2, -0.15) is 0 Å². The van der Waals surface area contributed by atoms with Crippen molar-refractivity contribution in [2.45, 2.75) is 13.8 Å². The minimum atomic E-state index is 0.738. The first-order chi connectivity index (χ1) is 5.20. The van der Waals surface area contributed by atoms with E-state index in [1.807, 2.05) is 25.6 Å². The summed E-state index contributed by atoms with van der Waals surface area (Å²) in [4.78, 5) is 0. The zero-order valence-corrected chi connectivity index (χ0v) is 6.88. The second-order valence-corrected chi connectivity index (χ2v) is 2.81. The lowest BCUT2D eigenvalue weighted by molar-refractivity contribution is 0.583. The van der Waals surface area contributed by atoms with Crippen LogP contribution in [0.15, 0.2) is 10.7 Å². The third-order valence-corrected chi connectivity index (χ3v) is 2.04. The fourth-order valence-electron chi connectivity index (χ4n) is 1.32. The molecule has 0 saturated carbocycles. The highest BCUT2D eigenvalue weighted by Crippen LogP contribution is 2.22. The molecule has 0 unspecified atom stereocenters. The fraction of sp³-hybridized carbons (Fsp3) is 0.375. The second kappa shape index (κ2) is 1.87. The standard InChI is InChI=1S/C8H10N2O/c1-5-4-11-8-7(5)6(2)10(3)9-8/h4H,1-3H3. The molecule has 0 fully saturated rings. The average molecular weight is 150 g/mol. The zero-order chi connectivity index (χ0) is 8.01. The predicted octanol–water partition coefficient (Wildman–Crippen LogP) is 1.78. The number of fused-ring (bicyclic) bond motifs is 1. The maximum atomic E-state index is 5.22. The molecule has 0 aromatic carbocycles. The van der Waals surface area contributed by atoms with Crippen molar-refractivity contribution in [2.24, 2.45) is 7.05 Å². The van der Waals surface area contributed by atoms with E-state index in [1.54, 1.807) is 6.26 Å². The van der Waals surface area contributed by atoms with Crippen molar-refractivity contribution in [3.8, 4) is 0 Å². The van der Waals surface area contributed by atoms with Gasteiger partial charge in [0.05, 0.1) is 11.6 Å². The van der Waals surface area contributed by atoms with Crippen LogP contribution in [0.3, 0.4) is 0 Å². The highest BCUT2D eigenvalue weighted by Gasteiger charge is 2.09. The molecular weight excluding hydrogens is 140 g/mol. The van der Waals surface area contributed by atoms with Gasteiger partial charge in [-0.15, -0.1) is 5.10 Å². The van der Waals surface area contributed by atoms with Gasteiger partial charge >= 0.3 is 0 Å². The van der Waals surface area contributed by atoms with E-state index in [0.717, 1.165) is 22.4 Å². The molecule has 0 bridgehead atoms. The number of hydrogen-bond donors (Lipinski definition) is 0. The molecule has 0 N–H and O–H groups in total. The SMILES string of the molecule is Cc1coc2nn(C)c(C)c12. The smallest absolute Gasteiger partial charge is 0.245 e. The molecule has 0 saturated heterocycles. The first-order valence-corrected chi connectivity index (χ1v) is 3.57. The van der Waals surface area contributed by atoms with E-state index in [9.17, 15) is 0 Å². The van der Waals surface area contributed by atoms with E-state index < -0.39 is 0 Å². The second-order valence-electron chi connectivity index (χ2n) is 2.81. The molecule has 2 heterocycles. The van der Waals surface area contributed by atoms with Crippen molar-refractivity contribution in [2.75, 3.05) is 0 Å². The van der Waals surface area contributed by atoms with Crippen LogP contribution in [0.2, 0.25) is 0 Å². The molecule has 0 atom stereocenters. The Morgan fingerprint density at radius 2 is 2.18 bits per heavy atom. The van der Waals surface area contributed by atoms with Gasteiger partial charge < -0.3 is 4.42 Å². The van der Waals surface area contributed by atoms with Crippen molar-refractivity contribution in [3.05, 3.63) is 17.5 Å². The number of nitrogens with zero attached hydrogens (tertiary/aromatic N) is 2. The van der Waals surface area contributed by atoms with E-state index >= 15 is 0 Å². The molecule has 0 radical (unpaired) electrons. The number of furan rings is 1. The Balaban J connectivity index is 2.95. The van der Waals surface area contributed by atoms with Crippen LogP contribution in [-0.2, 0) is 7.05 Å². The Labute approximate surface area is 64.6 Å². The normalized spacial score (nSPS) is 11.2. The minimum Gasteiger partial charge on any atom is -0.445 e. The summed E-state index contributed by atoms with van der Waals surface area (Å²) in [6.07, 6.45) is 1.74. The largest absolute Gasteiger partial charge is 0.445 e. The van der Waals surface area contributed by atoms with Gasteiger partial charge in [-0.1, -0.05) is 0 Å². The van der Waals surface area contributed by atoms with Crippen molar-refractivity contribution < 1.29 is 4.42 Å². The highest BCUT2D eigenvalue weighted by molar-refractivity contribution is 5.80. The maximum Gasteiger partial charge on any atom is 0.245 e. The summed E-state index contributed by atoms with van der Waals surface area (Å²) >= 11 is 0. The van der Waals surface area contributed by atoms with Crippen LogP contribution in [0.25, 0.3) is 11.1 Å². The van der Waals surface area contributed by atoms with Crippen LogP contribution in [0, 0.1) is 13.8 Å². The van der Waals surface area contributed by atoms with Crippen molar-refractivity contribution in [1.29, 1.82) is 0 Å². The molecule has 0 amide bonds. The lowest BCUT2D eigenvalue weighted by Gasteiger charge is -1.91. The molecule has 2 aromatic rings. The Hall–Kier alpha value is -1.25. The summed E-state index contributed by atoms with van der Waals surface area (Å²) in [5, 5.41) is 5.33. The van der Waals surface area contributed by atoms with Crippen LogP contribution >= 0.6 is 0 Å². The van der Waals surface area contributed by atoms with E-state index in [1.165, 1.54) is 0 Å². The van der Waals surface area contributed by atoms with Gasteiger partial charge in [-0.3, -0.25) is 4.68 Å².